The lowest BCUT2D eigenvalue weighted by atomic mass is 9.77. The summed E-state index contributed by atoms with van der Waals surface area (Å²) in [5, 5.41) is 14.2. The van der Waals surface area contributed by atoms with Gasteiger partial charge in [-0.05, 0) is 42.0 Å². The highest BCUT2D eigenvalue weighted by molar-refractivity contribution is 5.90. The Bertz CT molecular complexity index is 941. The van der Waals surface area contributed by atoms with Crippen molar-refractivity contribution in [3.05, 3.63) is 59.7 Å². The molecule has 0 spiro atoms. The number of hydrogen-bond donors (Lipinski definition) is 2. The lowest BCUT2D eigenvalue weighted by molar-refractivity contribution is -0.146. The molecule has 4 rings (SSSR count). The zero-order valence-corrected chi connectivity index (χ0v) is 18.2. The van der Waals surface area contributed by atoms with Crippen LogP contribution < -0.4 is 14.8 Å². The topological polar surface area (TPSA) is 94.1 Å². The normalized spacial score (nSPS) is 18.4. The standard InChI is InChI=1S/C25H29NO6/c1-30-25(29)22(16-8-4-2-5-9-16)26-24(28)21(23(27)17-10-6-3-7-11-17)18-12-13-19-20(14-18)32-15-31-19/h2,4-5,8-9,12-14,17,21-23,27H,3,6-7,10-11,15H2,1H3,(H,26,28)/t21?,22-,23?/m0/s1. The van der Waals surface area contributed by atoms with E-state index in [1.807, 2.05) is 6.07 Å². The van der Waals surface area contributed by atoms with Gasteiger partial charge in [0.25, 0.3) is 0 Å². The number of ether oxygens (including phenoxy) is 3. The Hall–Kier alpha value is -3.06. The second kappa shape index (κ2) is 10.0. The molecule has 3 atom stereocenters. The Morgan fingerprint density at radius 2 is 1.72 bits per heavy atom. The minimum absolute atomic E-state index is 0.0122. The number of rotatable bonds is 7. The SMILES string of the molecule is COC(=O)[C@@H](NC(=O)C(c1ccc2c(c1)OCO2)C(O)C1CCCCC1)c1ccccc1. The average Bonchev–Trinajstić information content (AvgIpc) is 3.31. The maximum absolute atomic E-state index is 13.6. The van der Waals surface area contributed by atoms with Gasteiger partial charge in [-0.25, -0.2) is 4.79 Å². The van der Waals surface area contributed by atoms with Gasteiger partial charge in [-0.1, -0.05) is 55.7 Å². The Kier molecular flexibility index (Phi) is 6.95. The molecule has 32 heavy (non-hydrogen) atoms. The van der Waals surface area contributed by atoms with Gasteiger partial charge in [0.15, 0.2) is 17.5 Å². The Morgan fingerprint density at radius 1 is 1.00 bits per heavy atom. The van der Waals surface area contributed by atoms with Crippen molar-refractivity contribution in [3.63, 3.8) is 0 Å². The van der Waals surface area contributed by atoms with E-state index >= 15 is 0 Å². The van der Waals surface area contributed by atoms with Gasteiger partial charge in [0, 0.05) is 0 Å². The molecule has 0 saturated heterocycles. The van der Waals surface area contributed by atoms with Crippen LogP contribution in [0.5, 0.6) is 11.5 Å². The number of carbonyl (C=O) groups is 2. The van der Waals surface area contributed by atoms with Gasteiger partial charge < -0.3 is 24.6 Å². The monoisotopic (exact) mass is 439 g/mol. The maximum atomic E-state index is 13.6. The molecule has 1 amide bonds. The van der Waals surface area contributed by atoms with Gasteiger partial charge in [0.1, 0.15) is 0 Å². The summed E-state index contributed by atoms with van der Waals surface area (Å²) in [4.78, 5) is 26.1. The molecular formula is C25H29NO6. The van der Waals surface area contributed by atoms with Crippen molar-refractivity contribution >= 4 is 11.9 Å². The predicted octanol–water partition coefficient (Wildman–Crippen LogP) is 3.47. The first-order valence-electron chi connectivity index (χ1n) is 11.1. The molecule has 1 aliphatic heterocycles. The number of hydrogen-bond acceptors (Lipinski definition) is 6. The largest absolute Gasteiger partial charge is 0.467 e. The lowest BCUT2D eigenvalue weighted by Gasteiger charge is -2.32. The fourth-order valence-electron chi connectivity index (χ4n) is 4.63. The van der Waals surface area contributed by atoms with Gasteiger partial charge in [0.05, 0.1) is 19.1 Å². The van der Waals surface area contributed by atoms with Crippen LogP contribution in [0, 0.1) is 5.92 Å². The number of aliphatic hydroxyl groups excluding tert-OH is 1. The van der Waals surface area contributed by atoms with Crippen molar-refractivity contribution in [1.29, 1.82) is 0 Å². The molecule has 7 heteroatoms. The van der Waals surface area contributed by atoms with Crippen LogP contribution in [-0.2, 0) is 14.3 Å². The highest BCUT2D eigenvalue weighted by Crippen LogP contribution is 2.39. The number of nitrogens with one attached hydrogen (secondary N) is 1. The first kappa shape index (κ1) is 22.1. The van der Waals surface area contributed by atoms with E-state index in [-0.39, 0.29) is 12.7 Å². The zero-order valence-electron chi connectivity index (χ0n) is 18.2. The molecule has 1 heterocycles. The third-order valence-electron chi connectivity index (χ3n) is 6.37. The molecule has 2 N–H and O–H groups in total. The van der Waals surface area contributed by atoms with Crippen LogP contribution in [0.2, 0.25) is 0 Å². The molecule has 1 aliphatic carbocycles. The third-order valence-corrected chi connectivity index (χ3v) is 6.37. The molecule has 1 saturated carbocycles. The molecule has 2 unspecified atom stereocenters. The van der Waals surface area contributed by atoms with Crippen molar-refractivity contribution in [1.82, 2.24) is 5.32 Å². The maximum Gasteiger partial charge on any atom is 0.333 e. The second-order valence-electron chi connectivity index (χ2n) is 8.35. The van der Waals surface area contributed by atoms with Crippen LogP contribution in [0.4, 0.5) is 0 Å². The quantitative estimate of drug-likeness (QED) is 0.642. The molecule has 1 fully saturated rings. The predicted molar refractivity (Wildman–Crippen MR) is 117 cm³/mol. The number of amides is 1. The van der Waals surface area contributed by atoms with E-state index in [0.717, 1.165) is 32.1 Å². The first-order chi connectivity index (χ1) is 15.6. The number of carbonyl (C=O) groups excluding carboxylic acids is 2. The van der Waals surface area contributed by atoms with Gasteiger partial charge in [-0.15, -0.1) is 0 Å². The van der Waals surface area contributed by atoms with Gasteiger partial charge in [-0.2, -0.15) is 0 Å². The van der Waals surface area contributed by atoms with Gasteiger partial charge in [0.2, 0.25) is 12.7 Å². The van der Waals surface area contributed by atoms with E-state index < -0.39 is 29.9 Å². The Labute approximate surface area is 187 Å². The minimum Gasteiger partial charge on any atom is -0.467 e. The van der Waals surface area contributed by atoms with Crippen molar-refractivity contribution < 1.29 is 28.9 Å². The summed E-state index contributed by atoms with van der Waals surface area (Å²) in [5.74, 6) is -0.690. The van der Waals surface area contributed by atoms with Crippen molar-refractivity contribution in [2.45, 2.75) is 50.2 Å². The van der Waals surface area contributed by atoms with E-state index in [1.165, 1.54) is 7.11 Å². The molecule has 0 aromatic heterocycles. The van der Waals surface area contributed by atoms with Crippen LogP contribution in [0.3, 0.4) is 0 Å². The first-order valence-corrected chi connectivity index (χ1v) is 11.1. The molecule has 2 aromatic carbocycles. The molecule has 2 aromatic rings. The summed E-state index contributed by atoms with van der Waals surface area (Å²) < 4.78 is 15.8. The second-order valence-corrected chi connectivity index (χ2v) is 8.35. The van der Waals surface area contributed by atoms with E-state index in [4.69, 9.17) is 14.2 Å². The molecule has 0 bridgehead atoms. The van der Waals surface area contributed by atoms with Crippen LogP contribution in [0.15, 0.2) is 48.5 Å². The summed E-state index contributed by atoms with van der Waals surface area (Å²) in [5.41, 5.74) is 1.24. The van der Waals surface area contributed by atoms with Crippen LogP contribution >= 0.6 is 0 Å². The smallest absolute Gasteiger partial charge is 0.333 e. The fraction of sp³-hybridized carbons (Fsp3) is 0.440. The van der Waals surface area contributed by atoms with E-state index in [0.29, 0.717) is 22.6 Å². The van der Waals surface area contributed by atoms with Gasteiger partial charge in [-0.3, -0.25) is 4.79 Å². The van der Waals surface area contributed by atoms with Crippen LogP contribution in [0.1, 0.15) is 55.2 Å². The molecule has 2 aliphatic rings. The fourth-order valence-corrected chi connectivity index (χ4v) is 4.63. The minimum atomic E-state index is -0.969. The molecule has 0 radical (unpaired) electrons. The van der Waals surface area contributed by atoms with Crippen LogP contribution in [0.25, 0.3) is 0 Å². The van der Waals surface area contributed by atoms with Crippen molar-refractivity contribution in [2.24, 2.45) is 5.92 Å². The van der Waals surface area contributed by atoms with Crippen molar-refractivity contribution in [2.75, 3.05) is 13.9 Å². The van der Waals surface area contributed by atoms with Crippen LogP contribution in [-0.4, -0.2) is 37.0 Å². The molecule has 7 nitrogen and oxygen atoms in total. The summed E-state index contributed by atoms with van der Waals surface area (Å²) in [6.45, 7) is 0.124. The third kappa shape index (κ3) is 4.72. The van der Waals surface area contributed by atoms with E-state index in [1.54, 1.807) is 42.5 Å². The number of esters is 1. The summed E-state index contributed by atoms with van der Waals surface area (Å²) in [7, 11) is 1.29. The Morgan fingerprint density at radius 3 is 2.44 bits per heavy atom. The molecule has 170 valence electrons. The number of fused-ring (bicyclic) bond motifs is 1. The summed E-state index contributed by atoms with van der Waals surface area (Å²) in [6.07, 6.45) is 4.06. The highest BCUT2D eigenvalue weighted by atomic mass is 16.7. The average molecular weight is 440 g/mol. The lowest BCUT2D eigenvalue weighted by Crippen LogP contribution is -2.43. The van der Waals surface area contributed by atoms with Crippen molar-refractivity contribution in [3.8, 4) is 11.5 Å². The van der Waals surface area contributed by atoms with E-state index in [2.05, 4.69) is 5.32 Å². The highest BCUT2D eigenvalue weighted by Gasteiger charge is 2.37. The number of aliphatic hydroxyl groups is 1. The number of methoxy groups -OCH3 is 1. The number of benzene rings is 2. The summed E-state index contributed by atoms with van der Waals surface area (Å²) in [6, 6.07) is 13.2. The van der Waals surface area contributed by atoms with E-state index in [9.17, 15) is 14.7 Å². The zero-order chi connectivity index (χ0) is 22.5. The molecular weight excluding hydrogens is 410 g/mol. The summed E-state index contributed by atoms with van der Waals surface area (Å²) >= 11 is 0. The van der Waals surface area contributed by atoms with Gasteiger partial charge >= 0.3 is 5.97 Å². The Balaban J connectivity index is 1.65.